The van der Waals surface area contributed by atoms with Crippen molar-refractivity contribution in [1.82, 2.24) is 4.90 Å². The van der Waals surface area contributed by atoms with Crippen LogP contribution in [0, 0.1) is 11.6 Å². The monoisotopic (exact) mass is 257 g/mol. The van der Waals surface area contributed by atoms with Crippen LogP contribution in [-0.4, -0.2) is 37.9 Å². The first-order valence-corrected chi connectivity index (χ1v) is 5.64. The smallest absolute Gasteiger partial charge is 0.165 e. The third-order valence-corrected chi connectivity index (χ3v) is 2.58. The Balaban J connectivity index is 2.68. The molecule has 1 aromatic carbocycles. The minimum absolute atomic E-state index is 0.0406. The number of halogens is 2. The molecule has 3 nitrogen and oxygen atoms in total. The molecule has 1 rings (SSSR count). The van der Waals surface area contributed by atoms with Crippen LogP contribution in [0.3, 0.4) is 0 Å². The number of benzene rings is 1. The molecule has 0 unspecified atom stereocenters. The molecule has 0 atom stereocenters. The number of nitrogens with zero attached hydrogens (tertiary/aromatic N) is 1. The Labute approximate surface area is 105 Å². The Hall–Kier alpha value is -1.49. The molecule has 0 N–H and O–H groups in total. The van der Waals surface area contributed by atoms with E-state index in [0.717, 1.165) is 12.1 Å². The maximum absolute atomic E-state index is 13.6. The first-order chi connectivity index (χ1) is 8.43. The number of hydrogen-bond acceptors (Lipinski definition) is 3. The molecule has 0 spiro atoms. The predicted octanol–water partition coefficient (Wildman–Crippen LogP) is 2.04. The molecule has 0 saturated carbocycles. The molecule has 0 amide bonds. The summed E-state index contributed by atoms with van der Waals surface area (Å²) in [6, 6.07) is 2.17. The van der Waals surface area contributed by atoms with Crippen LogP contribution in [0.5, 0.6) is 5.75 Å². The van der Waals surface area contributed by atoms with Crippen LogP contribution >= 0.6 is 0 Å². The van der Waals surface area contributed by atoms with E-state index < -0.39 is 11.6 Å². The minimum Gasteiger partial charge on any atom is -0.494 e. The summed E-state index contributed by atoms with van der Waals surface area (Å²) < 4.78 is 31.7. The lowest BCUT2D eigenvalue weighted by Crippen LogP contribution is -2.26. The van der Waals surface area contributed by atoms with E-state index in [1.165, 1.54) is 14.0 Å². The summed E-state index contributed by atoms with van der Waals surface area (Å²) in [7, 11) is 3.05. The fraction of sp³-hybridized carbons (Fsp3) is 0.462. The van der Waals surface area contributed by atoms with E-state index in [-0.39, 0.29) is 17.1 Å². The van der Waals surface area contributed by atoms with Gasteiger partial charge >= 0.3 is 0 Å². The zero-order valence-corrected chi connectivity index (χ0v) is 10.8. The summed E-state index contributed by atoms with van der Waals surface area (Å²) in [5, 5.41) is 0. The van der Waals surface area contributed by atoms with Crippen LogP contribution in [0.4, 0.5) is 8.78 Å². The second-order valence-corrected chi connectivity index (χ2v) is 4.27. The van der Waals surface area contributed by atoms with Crippen LogP contribution in [0.15, 0.2) is 12.1 Å². The van der Waals surface area contributed by atoms with Gasteiger partial charge in [0.2, 0.25) is 0 Å². The minimum atomic E-state index is -0.580. The summed E-state index contributed by atoms with van der Waals surface area (Å²) in [4.78, 5) is 12.6. The molecule has 1 aromatic rings. The first kappa shape index (κ1) is 14.6. The fourth-order valence-electron chi connectivity index (χ4n) is 1.69. The molecule has 0 fully saturated rings. The second kappa shape index (κ2) is 6.44. The van der Waals surface area contributed by atoms with E-state index in [1.807, 2.05) is 0 Å². The van der Waals surface area contributed by atoms with Gasteiger partial charge in [0, 0.05) is 12.6 Å². The van der Waals surface area contributed by atoms with E-state index in [1.54, 1.807) is 11.9 Å². The quantitative estimate of drug-likeness (QED) is 0.781. The summed E-state index contributed by atoms with van der Waals surface area (Å²) in [6.45, 7) is 2.28. The van der Waals surface area contributed by atoms with Gasteiger partial charge < -0.3 is 4.74 Å². The van der Waals surface area contributed by atoms with Crippen molar-refractivity contribution in [3.8, 4) is 5.75 Å². The number of ketones is 1. The van der Waals surface area contributed by atoms with E-state index in [2.05, 4.69) is 4.74 Å². The van der Waals surface area contributed by atoms with Gasteiger partial charge in [0.15, 0.2) is 11.6 Å². The topological polar surface area (TPSA) is 29.5 Å². The van der Waals surface area contributed by atoms with Gasteiger partial charge in [0.05, 0.1) is 13.7 Å². The van der Waals surface area contributed by atoms with Gasteiger partial charge in [0.25, 0.3) is 0 Å². The number of likely N-dealkylation sites (N-methyl/N-ethyl adjacent to an activating group) is 1. The van der Waals surface area contributed by atoms with Gasteiger partial charge in [-0.2, -0.15) is 0 Å². The molecule has 0 aliphatic rings. The highest BCUT2D eigenvalue weighted by atomic mass is 19.1. The SMILES string of the molecule is COc1cc(F)c(CCN(C)CC(C)=O)cc1F. The molecular weight excluding hydrogens is 240 g/mol. The number of Topliss-reactive ketones (excluding diaryl/α,β-unsaturated/α-hetero) is 1. The maximum Gasteiger partial charge on any atom is 0.165 e. The molecular formula is C13H17F2NO2. The highest BCUT2D eigenvalue weighted by molar-refractivity contribution is 5.77. The molecule has 100 valence electrons. The van der Waals surface area contributed by atoms with E-state index in [0.29, 0.717) is 19.5 Å². The fourth-order valence-corrected chi connectivity index (χ4v) is 1.69. The number of rotatable bonds is 6. The molecule has 0 heterocycles. The van der Waals surface area contributed by atoms with Gasteiger partial charge in [0.1, 0.15) is 11.6 Å². The van der Waals surface area contributed by atoms with Crippen molar-refractivity contribution in [1.29, 1.82) is 0 Å². The lowest BCUT2D eigenvalue weighted by Gasteiger charge is -2.15. The van der Waals surface area contributed by atoms with Crippen molar-refractivity contribution in [2.45, 2.75) is 13.3 Å². The first-order valence-electron chi connectivity index (χ1n) is 5.64. The number of ether oxygens (including phenoxy) is 1. The second-order valence-electron chi connectivity index (χ2n) is 4.27. The number of carbonyl (C=O) groups excluding carboxylic acids is 1. The lowest BCUT2D eigenvalue weighted by molar-refractivity contribution is -0.117. The van der Waals surface area contributed by atoms with Crippen molar-refractivity contribution in [2.24, 2.45) is 0 Å². The van der Waals surface area contributed by atoms with E-state index >= 15 is 0 Å². The number of carbonyl (C=O) groups is 1. The average Bonchev–Trinajstić information content (AvgIpc) is 2.28. The molecule has 0 aliphatic carbocycles. The van der Waals surface area contributed by atoms with E-state index in [9.17, 15) is 13.6 Å². The van der Waals surface area contributed by atoms with E-state index in [4.69, 9.17) is 0 Å². The third kappa shape index (κ3) is 4.07. The Bertz CT molecular complexity index is 435. The average molecular weight is 257 g/mol. The molecule has 0 saturated heterocycles. The molecule has 0 bridgehead atoms. The molecule has 0 aromatic heterocycles. The van der Waals surface area contributed by atoms with Gasteiger partial charge in [-0.05, 0) is 32.0 Å². The largest absolute Gasteiger partial charge is 0.494 e. The predicted molar refractivity (Wildman–Crippen MR) is 64.8 cm³/mol. The maximum atomic E-state index is 13.6. The van der Waals surface area contributed by atoms with Crippen molar-refractivity contribution in [3.05, 3.63) is 29.3 Å². The summed E-state index contributed by atoms with van der Waals surface area (Å²) in [5.41, 5.74) is 0.281. The number of methoxy groups -OCH3 is 1. The van der Waals surface area contributed by atoms with Crippen LogP contribution < -0.4 is 4.74 Å². The Kier molecular flexibility index (Phi) is 5.22. The van der Waals surface area contributed by atoms with Crippen LogP contribution in [0.1, 0.15) is 12.5 Å². The normalized spacial score (nSPS) is 10.8. The van der Waals surface area contributed by atoms with Crippen molar-refractivity contribution < 1.29 is 18.3 Å². The molecule has 0 aliphatic heterocycles. The van der Waals surface area contributed by atoms with Crippen LogP contribution in [0.2, 0.25) is 0 Å². The van der Waals surface area contributed by atoms with Gasteiger partial charge in [-0.1, -0.05) is 0 Å². The highest BCUT2D eigenvalue weighted by Crippen LogP contribution is 2.21. The van der Waals surface area contributed by atoms with Gasteiger partial charge in [-0.25, -0.2) is 8.78 Å². The standard InChI is InChI=1S/C13H17F2NO2/c1-9(17)8-16(2)5-4-10-6-12(15)13(18-3)7-11(10)14/h6-7H,4-5,8H2,1-3H3. The number of hydrogen-bond donors (Lipinski definition) is 0. The van der Waals surface area contributed by atoms with Gasteiger partial charge in [-0.15, -0.1) is 0 Å². The lowest BCUT2D eigenvalue weighted by atomic mass is 10.1. The Morgan fingerprint density at radius 1 is 1.33 bits per heavy atom. The zero-order chi connectivity index (χ0) is 13.7. The van der Waals surface area contributed by atoms with Crippen LogP contribution in [0.25, 0.3) is 0 Å². The van der Waals surface area contributed by atoms with Crippen molar-refractivity contribution >= 4 is 5.78 Å². The van der Waals surface area contributed by atoms with Crippen LogP contribution in [-0.2, 0) is 11.2 Å². The zero-order valence-electron chi connectivity index (χ0n) is 10.8. The summed E-state index contributed by atoms with van der Waals surface area (Å²) in [6.07, 6.45) is 0.344. The van der Waals surface area contributed by atoms with Gasteiger partial charge in [-0.3, -0.25) is 9.69 Å². The summed E-state index contributed by atoms with van der Waals surface area (Å²) >= 11 is 0. The molecule has 18 heavy (non-hydrogen) atoms. The Morgan fingerprint density at radius 2 is 2.00 bits per heavy atom. The molecule has 5 heteroatoms. The Morgan fingerprint density at radius 3 is 2.56 bits per heavy atom. The highest BCUT2D eigenvalue weighted by Gasteiger charge is 2.11. The molecule has 0 radical (unpaired) electrons. The summed E-state index contributed by atoms with van der Waals surface area (Å²) in [5.74, 6) is -1.14. The van der Waals surface area contributed by atoms with Crippen molar-refractivity contribution in [3.63, 3.8) is 0 Å². The van der Waals surface area contributed by atoms with Crippen molar-refractivity contribution in [2.75, 3.05) is 27.2 Å². The third-order valence-electron chi connectivity index (χ3n) is 2.58.